The minimum Gasteiger partial charge on any atom is -0.328 e. The van der Waals surface area contributed by atoms with Crippen molar-refractivity contribution in [3.8, 4) is 0 Å². The van der Waals surface area contributed by atoms with Gasteiger partial charge in [-0.3, -0.25) is 10.2 Å². The minimum absolute atomic E-state index is 0.105. The molecule has 1 amide bonds. The molecular weight excluding hydrogens is 154 g/mol. The molecule has 0 aliphatic heterocycles. The molecule has 2 unspecified atom stereocenters. The van der Waals surface area contributed by atoms with Crippen molar-refractivity contribution in [3.05, 3.63) is 0 Å². The Bertz CT molecular complexity index is 170. The number of rotatable bonds is 2. The number of hydrazine groups is 1. The fourth-order valence-corrected chi connectivity index (χ4v) is 1.57. The molecule has 0 aromatic rings. The average Bonchev–Trinajstić information content (AvgIpc) is 2.34. The van der Waals surface area contributed by atoms with E-state index in [2.05, 4.69) is 5.43 Å². The van der Waals surface area contributed by atoms with Crippen molar-refractivity contribution in [1.29, 1.82) is 0 Å². The molecule has 1 saturated carbocycles. The Balaban J connectivity index is 2.33. The highest BCUT2D eigenvalue weighted by atomic mass is 16.2. The van der Waals surface area contributed by atoms with Crippen LogP contribution in [0.2, 0.25) is 0 Å². The summed E-state index contributed by atoms with van der Waals surface area (Å²) in [6.07, 6.45) is 2.74. The lowest BCUT2D eigenvalue weighted by atomic mass is 10.1. The smallest absolute Gasteiger partial charge is 0.237 e. The Morgan fingerprint density at radius 2 is 2.17 bits per heavy atom. The normalized spacial score (nSPS) is 29.3. The van der Waals surface area contributed by atoms with E-state index >= 15 is 0 Å². The second-order valence-corrected chi connectivity index (χ2v) is 3.64. The molecule has 1 rings (SSSR count). The highest BCUT2D eigenvalue weighted by Crippen LogP contribution is 2.23. The number of nitrogens with two attached hydrogens (primary N) is 1. The van der Waals surface area contributed by atoms with E-state index in [1.807, 2.05) is 14.1 Å². The third-order valence-corrected chi connectivity index (χ3v) is 2.18. The van der Waals surface area contributed by atoms with Gasteiger partial charge in [0.2, 0.25) is 5.91 Å². The molecule has 0 aromatic heterocycles. The summed E-state index contributed by atoms with van der Waals surface area (Å²) in [7, 11) is 3.62. The molecular formula is C8H17N3O. The number of hydrogen-bond acceptors (Lipinski definition) is 3. The zero-order chi connectivity index (χ0) is 9.14. The third kappa shape index (κ3) is 2.46. The lowest BCUT2D eigenvalue weighted by molar-refractivity contribution is -0.128. The van der Waals surface area contributed by atoms with Gasteiger partial charge in [-0.15, -0.1) is 0 Å². The monoisotopic (exact) mass is 171 g/mol. The standard InChI is InChI=1S/C8H17N3O/c1-11(2)10-8(12)6-3-4-7(9)5-6/h6-7H,3-5,9H2,1-2H3,(H,10,12). The predicted octanol–water partition coefficient (Wildman–Crippen LogP) is -0.293. The number of carbonyl (C=O) groups excluding carboxylic acids is 1. The van der Waals surface area contributed by atoms with E-state index in [4.69, 9.17) is 5.73 Å². The summed E-state index contributed by atoms with van der Waals surface area (Å²) in [6.45, 7) is 0. The third-order valence-electron chi connectivity index (χ3n) is 2.18. The highest BCUT2D eigenvalue weighted by molar-refractivity contribution is 5.78. The summed E-state index contributed by atoms with van der Waals surface area (Å²) in [5, 5.41) is 1.67. The van der Waals surface area contributed by atoms with Crippen molar-refractivity contribution in [2.75, 3.05) is 14.1 Å². The zero-order valence-electron chi connectivity index (χ0n) is 7.71. The molecule has 70 valence electrons. The summed E-state index contributed by atoms with van der Waals surface area (Å²) in [5.41, 5.74) is 8.44. The van der Waals surface area contributed by atoms with Crippen molar-refractivity contribution in [1.82, 2.24) is 10.4 Å². The zero-order valence-corrected chi connectivity index (χ0v) is 7.71. The van der Waals surface area contributed by atoms with Crippen LogP contribution >= 0.6 is 0 Å². The van der Waals surface area contributed by atoms with Gasteiger partial charge in [-0.2, -0.15) is 0 Å². The molecule has 1 aliphatic rings. The van der Waals surface area contributed by atoms with Crippen LogP contribution in [-0.2, 0) is 4.79 Å². The van der Waals surface area contributed by atoms with Crippen LogP contribution in [0.25, 0.3) is 0 Å². The summed E-state index contributed by atoms with van der Waals surface area (Å²) in [4.78, 5) is 11.4. The first kappa shape index (κ1) is 9.48. The van der Waals surface area contributed by atoms with Gasteiger partial charge in [-0.05, 0) is 19.3 Å². The van der Waals surface area contributed by atoms with Gasteiger partial charge in [0.1, 0.15) is 0 Å². The predicted molar refractivity (Wildman–Crippen MR) is 47.1 cm³/mol. The van der Waals surface area contributed by atoms with Crippen molar-refractivity contribution in [2.24, 2.45) is 11.7 Å². The number of amides is 1. The van der Waals surface area contributed by atoms with Gasteiger partial charge in [0.15, 0.2) is 0 Å². The summed E-state index contributed by atoms with van der Waals surface area (Å²) < 4.78 is 0. The second kappa shape index (κ2) is 3.87. The van der Waals surface area contributed by atoms with Gasteiger partial charge in [0.05, 0.1) is 0 Å². The molecule has 2 atom stereocenters. The number of carbonyl (C=O) groups is 1. The first-order valence-electron chi connectivity index (χ1n) is 4.33. The van der Waals surface area contributed by atoms with Crippen molar-refractivity contribution < 1.29 is 4.79 Å². The number of hydrogen-bond donors (Lipinski definition) is 2. The highest BCUT2D eigenvalue weighted by Gasteiger charge is 2.27. The quantitative estimate of drug-likeness (QED) is 0.561. The summed E-state index contributed by atoms with van der Waals surface area (Å²) in [5.74, 6) is 0.232. The maximum Gasteiger partial charge on any atom is 0.237 e. The Morgan fingerprint density at radius 1 is 1.50 bits per heavy atom. The average molecular weight is 171 g/mol. The molecule has 12 heavy (non-hydrogen) atoms. The molecule has 0 radical (unpaired) electrons. The molecule has 4 nitrogen and oxygen atoms in total. The van der Waals surface area contributed by atoms with Crippen LogP contribution in [0.4, 0.5) is 0 Å². The second-order valence-electron chi connectivity index (χ2n) is 3.64. The first-order valence-corrected chi connectivity index (χ1v) is 4.33. The van der Waals surface area contributed by atoms with Gasteiger partial charge in [-0.1, -0.05) is 0 Å². The van der Waals surface area contributed by atoms with Crippen LogP contribution in [0.5, 0.6) is 0 Å². The summed E-state index contributed by atoms with van der Waals surface area (Å²) >= 11 is 0. The van der Waals surface area contributed by atoms with E-state index in [1.54, 1.807) is 5.01 Å². The van der Waals surface area contributed by atoms with Gasteiger partial charge >= 0.3 is 0 Å². The maximum absolute atomic E-state index is 11.4. The van der Waals surface area contributed by atoms with Crippen molar-refractivity contribution >= 4 is 5.91 Å². The fourth-order valence-electron chi connectivity index (χ4n) is 1.57. The van der Waals surface area contributed by atoms with E-state index in [1.165, 1.54) is 0 Å². The molecule has 0 saturated heterocycles. The van der Waals surface area contributed by atoms with Crippen LogP contribution in [0.15, 0.2) is 0 Å². The van der Waals surface area contributed by atoms with Crippen molar-refractivity contribution in [2.45, 2.75) is 25.3 Å². The van der Waals surface area contributed by atoms with Gasteiger partial charge in [0, 0.05) is 26.1 Å². The van der Waals surface area contributed by atoms with E-state index in [0.29, 0.717) is 0 Å². The van der Waals surface area contributed by atoms with Crippen LogP contribution in [0.1, 0.15) is 19.3 Å². The largest absolute Gasteiger partial charge is 0.328 e. The lowest BCUT2D eigenvalue weighted by Gasteiger charge is -2.15. The Kier molecular flexibility index (Phi) is 3.05. The molecule has 0 heterocycles. The molecule has 1 fully saturated rings. The van der Waals surface area contributed by atoms with Crippen LogP contribution in [0, 0.1) is 5.92 Å². The first-order chi connectivity index (χ1) is 5.59. The Labute approximate surface area is 73.1 Å². The van der Waals surface area contributed by atoms with E-state index in [9.17, 15) is 4.79 Å². The summed E-state index contributed by atoms with van der Waals surface area (Å²) in [6, 6.07) is 0.225. The van der Waals surface area contributed by atoms with E-state index in [-0.39, 0.29) is 17.9 Å². The molecule has 3 N–H and O–H groups in total. The maximum atomic E-state index is 11.4. The molecule has 4 heteroatoms. The fraction of sp³-hybridized carbons (Fsp3) is 0.875. The molecule has 0 aromatic carbocycles. The number of nitrogens with zero attached hydrogens (tertiary/aromatic N) is 1. The Morgan fingerprint density at radius 3 is 2.58 bits per heavy atom. The molecule has 0 bridgehead atoms. The molecule has 0 spiro atoms. The van der Waals surface area contributed by atoms with Crippen LogP contribution in [0.3, 0.4) is 0 Å². The van der Waals surface area contributed by atoms with E-state index in [0.717, 1.165) is 19.3 Å². The van der Waals surface area contributed by atoms with Crippen LogP contribution in [-0.4, -0.2) is 31.1 Å². The van der Waals surface area contributed by atoms with Gasteiger partial charge in [-0.25, -0.2) is 5.01 Å². The SMILES string of the molecule is CN(C)NC(=O)C1CCC(N)C1. The van der Waals surface area contributed by atoms with Crippen LogP contribution < -0.4 is 11.2 Å². The minimum atomic E-state index is 0.105. The lowest BCUT2D eigenvalue weighted by Crippen LogP contribution is -2.39. The van der Waals surface area contributed by atoms with Crippen molar-refractivity contribution in [3.63, 3.8) is 0 Å². The Hall–Kier alpha value is -0.610. The molecule has 1 aliphatic carbocycles. The van der Waals surface area contributed by atoms with E-state index < -0.39 is 0 Å². The number of nitrogens with one attached hydrogen (secondary N) is 1. The van der Waals surface area contributed by atoms with Gasteiger partial charge < -0.3 is 5.73 Å². The topological polar surface area (TPSA) is 58.4 Å². The van der Waals surface area contributed by atoms with Gasteiger partial charge in [0.25, 0.3) is 0 Å².